The van der Waals surface area contributed by atoms with Crippen molar-refractivity contribution in [3.63, 3.8) is 0 Å². The molecule has 3 spiro atoms. The number of carbonyl (C=O) groups is 1. The van der Waals surface area contributed by atoms with E-state index >= 15 is 0 Å². The average Bonchev–Trinajstić information content (AvgIpc) is 3.48. The van der Waals surface area contributed by atoms with E-state index in [4.69, 9.17) is 4.74 Å². The zero-order valence-electron chi connectivity index (χ0n) is 15.3. The first-order valence-electron chi connectivity index (χ1n) is 10.3. The zero-order valence-corrected chi connectivity index (χ0v) is 15.3. The van der Waals surface area contributed by atoms with Crippen LogP contribution in [0.3, 0.4) is 0 Å². The van der Waals surface area contributed by atoms with E-state index in [9.17, 15) is 4.79 Å². The van der Waals surface area contributed by atoms with Gasteiger partial charge in [0.2, 0.25) is 0 Å². The van der Waals surface area contributed by atoms with Crippen molar-refractivity contribution in [2.24, 2.45) is 22.7 Å². The molecule has 1 aliphatic heterocycles. The molecule has 3 nitrogen and oxygen atoms in total. The Bertz CT molecular complexity index is 901. The second-order valence-corrected chi connectivity index (χ2v) is 9.81. The minimum Gasteiger partial charge on any atom is -0.497 e. The van der Waals surface area contributed by atoms with Crippen molar-refractivity contribution in [2.45, 2.75) is 43.6 Å². The second-order valence-electron chi connectivity index (χ2n) is 9.81. The third kappa shape index (κ3) is 1.25. The monoisotopic (exact) mass is 347 g/mol. The molecule has 7 rings (SSSR count). The number of benzene rings is 1. The topological polar surface area (TPSA) is 29.5 Å². The predicted molar refractivity (Wildman–Crippen MR) is 98.2 cm³/mol. The van der Waals surface area contributed by atoms with Crippen LogP contribution in [0.1, 0.15) is 36.8 Å². The van der Waals surface area contributed by atoms with Crippen molar-refractivity contribution in [1.29, 1.82) is 0 Å². The Labute approximate surface area is 154 Å². The number of allylic oxidation sites excluding steroid dienone is 1. The van der Waals surface area contributed by atoms with E-state index in [-0.39, 0.29) is 11.3 Å². The molecule has 3 saturated carbocycles. The molecule has 0 amide bonds. The van der Waals surface area contributed by atoms with Crippen LogP contribution < -0.4 is 4.74 Å². The van der Waals surface area contributed by atoms with E-state index in [0.717, 1.165) is 30.9 Å². The summed E-state index contributed by atoms with van der Waals surface area (Å²) in [7, 11) is 1.75. The number of likely N-dealkylation sites (tertiary alicyclic amines) is 1. The highest BCUT2D eigenvalue weighted by Crippen LogP contribution is 2.92. The summed E-state index contributed by atoms with van der Waals surface area (Å²) in [5, 5.41) is 0. The fraction of sp³-hybridized carbons (Fsp3) is 0.609. The highest BCUT2D eigenvalue weighted by molar-refractivity contribution is 5.90. The van der Waals surface area contributed by atoms with Gasteiger partial charge in [-0.25, -0.2) is 0 Å². The van der Waals surface area contributed by atoms with Gasteiger partial charge in [-0.15, -0.1) is 0 Å². The van der Waals surface area contributed by atoms with Crippen LogP contribution in [0, 0.1) is 22.7 Å². The maximum atomic E-state index is 13.0. The third-order valence-corrected chi connectivity index (χ3v) is 9.12. The van der Waals surface area contributed by atoms with Gasteiger partial charge in [-0.2, -0.15) is 0 Å². The van der Waals surface area contributed by atoms with Crippen molar-refractivity contribution in [2.75, 3.05) is 20.2 Å². The number of piperidine rings is 1. The number of Topliss-reactive ketones (excluding diaryl/α,β-unsaturated/α-hetero) is 1. The molecule has 2 bridgehead atoms. The largest absolute Gasteiger partial charge is 0.497 e. The van der Waals surface area contributed by atoms with E-state index in [0.29, 0.717) is 22.7 Å². The Morgan fingerprint density at radius 1 is 1.23 bits per heavy atom. The Kier molecular flexibility index (Phi) is 2.29. The molecular weight excluding hydrogens is 322 g/mol. The second kappa shape index (κ2) is 4.11. The number of carbonyl (C=O) groups excluding carboxylic acids is 1. The van der Waals surface area contributed by atoms with Crippen molar-refractivity contribution >= 4 is 5.78 Å². The van der Waals surface area contributed by atoms with E-state index in [2.05, 4.69) is 35.3 Å². The van der Waals surface area contributed by atoms with Gasteiger partial charge in [-0.1, -0.05) is 18.2 Å². The van der Waals surface area contributed by atoms with Gasteiger partial charge in [0.1, 0.15) is 11.5 Å². The molecule has 0 radical (unpaired) electrons. The molecule has 134 valence electrons. The van der Waals surface area contributed by atoms with Gasteiger partial charge in [0.15, 0.2) is 0 Å². The Balaban J connectivity index is 1.43. The Morgan fingerprint density at radius 2 is 2.12 bits per heavy atom. The van der Waals surface area contributed by atoms with Gasteiger partial charge in [-0.05, 0) is 54.9 Å². The number of methoxy groups -OCH3 is 1. The Morgan fingerprint density at radius 3 is 2.92 bits per heavy atom. The lowest BCUT2D eigenvalue weighted by atomic mass is 9.64. The molecule has 5 atom stereocenters. The number of ketones is 1. The fourth-order valence-electron chi connectivity index (χ4n) is 8.14. The first kappa shape index (κ1) is 14.4. The standard InChI is InChI=1S/C23H25NO2/c1-26-17-6-4-15-9-21-13-24(12-14-2-3-14)20-7-5-16-10-23(20,21)22(21,11-19(16)25)18(15)8-17/h4-8,14,16,20H,2-3,9-13H2,1H3. The van der Waals surface area contributed by atoms with Crippen LogP contribution in [0.15, 0.2) is 30.4 Å². The maximum absolute atomic E-state index is 13.0. The van der Waals surface area contributed by atoms with E-state index in [1.54, 1.807) is 7.11 Å². The summed E-state index contributed by atoms with van der Waals surface area (Å²) in [5.41, 5.74) is 3.62. The number of nitrogens with zero attached hydrogens (tertiary/aromatic N) is 1. The molecule has 6 aliphatic rings. The van der Waals surface area contributed by atoms with Crippen LogP contribution in [0.4, 0.5) is 0 Å². The summed E-state index contributed by atoms with van der Waals surface area (Å²) in [6.45, 7) is 2.46. The summed E-state index contributed by atoms with van der Waals surface area (Å²) >= 11 is 0. The molecule has 4 fully saturated rings. The van der Waals surface area contributed by atoms with Crippen molar-refractivity contribution < 1.29 is 9.53 Å². The highest BCUT2D eigenvalue weighted by atomic mass is 16.5. The SMILES string of the molecule is COc1ccc2c(c1)C13CC(=O)C4C=CC5N(CC6CC6)CC1(C2)C53C4. The molecule has 5 unspecified atom stereocenters. The lowest BCUT2D eigenvalue weighted by Crippen LogP contribution is -2.49. The van der Waals surface area contributed by atoms with Gasteiger partial charge in [0.05, 0.1) is 7.11 Å². The van der Waals surface area contributed by atoms with Gasteiger partial charge in [0.25, 0.3) is 0 Å². The lowest BCUT2D eigenvalue weighted by molar-refractivity contribution is -0.125. The smallest absolute Gasteiger partial charge is 0.140 e. The van der Waals surface area contributed by atoms with E-state index < -0.39 is 0 Å². The van der Waals surface area contributed by atoms with Gasteiger partial charge in [-0.3, -0.25) is 9.69 Å². The predicted octanol–water partition coefficient (Wildman–Crippen LogP) is 3.12. The molecule has 1 saturated heterocycles. The summed E-state index contributed by atoms with van der Waals surface area (Å²) in [6.07, 6.45) is 10.5. The minimum absolute atomic E-state index is 0.0902. The van der Waals surface area contributed by atoms with E-state index in [1.807, 2.05) is 0 Å². The molecule has 3 heteroatoms. The summed E-state index contributed by atoms with van der Waals surface area (Å²) in [5.74, 6) is 2.52. The van der Waals surface area contributed by atoms with Crippen LogP contribution in [-0.2, 0) is 16.6 Å². The molecule has 5 aliphatic carbocycles. The quantitative estimate of drug-likeness (QED) is 0.787. The number of hydrogen-bond acceptors (Lipinski definition) is 3. The fourth-order valence-corrected chi connectivity index (χ4v) is 8.14. The molecule has 1 heterocycles. The minimum atomic E-state index is 0.0902. The van der Waals surface area contributed by atoms with Gasteiger partial charge < -0.3 is 4.74 Å². The summed E-state index contributed by atoms with van der Waals surface area (Å²) in [6, 6.07) is 7.19. The molecule has 26 heavy (non-hydrogen) atoms. The van der Waals surface area contributed by atoms with Crippen LogP contribution in [0.5, 0.6) is 5.75 Å². The molecule has 1 aromatic rings. The maximum Gasteiger partial charge on any atom is 0.140 e. The first-order chi connectivity index (χ1) is 12.6. The summed E-state index contributed by atoms with van der Waals surface area (Å²) in [4.78, 5) is 15.8. The molecule has 0 N–H and O–H groups in total. The van der Waals surface area contributed by atoms with Crippen LogP contribution in [0.25, 0.3) is 0 Å². The lowest BCUT2D eigenvalue weighted by Gasteiger charge is -2.44. The number of hydrogen-bond donors (Lipinski definition) is 0. The van der Waals surface area contributed by atoms with Crippen LogP contribution in [0.2, 0.25) is 0 Å². The number of fused-ring (bicyclic) bond motifs is 2. The van der Waals surface area contributed by atoms with E-state index in [1.165, 1.54) is 37.1 Å². The summed E-state index contributed by atoms with van der Waals surface area (Å²) < 4.78 is 5.56. The highest BCUT2D eigenvalue weighted by Gasteiger charge is 2.95. The van der Waals surface area contributed by atoms with Crippen LogP contribution >= 0.6 is 0 Å². The van der Waals surface area contributed by atoms with Crippen molar-refractivity contribution in [1.82, 2.24) is 4.90 Å². The van der Waals surface area contributed by atoms with Crippen molar-refractivity contribution in [3.8, 4) is 5.75 Å². The average molecular weight is 347 g/mol. The molecule has 1 aromatic carbocycles. The first-order valence-corrected chi connectivity index (χ1v) is 10.3. The molecule has 0 aromatic heterocycles. The third-order valence-electron chi connectivity index (χ3n) is 9.12. The number of ether oxygens (including phenoxy) is 1. The molecular formula is C23H25NO2. The van der Waals surface area contributed by atoms with Gasteiger partial charge >= 0.3 is 0 Å². The zero-order chi connectivity index (χ0) is 17.3. The van der Waals surface area contributed by atoms with Gasteiger partial charge in [0, 0.05) is 47.7 Å². The van der Waals surface area contributed by atoms with Crippen molar-refractivity contribution in [3.05, 3.63) is 41.5 Å². The number of rotatable bonds is 3. The Hall–Kier alpha value is -1.61. The van der Waals surface area contributed by atoms with Crippen LogP contribution in [-0.4, -0.2) is 36.9 Å². The normalized spacial score (nSPS) is 46.7.